The van der Waals surface area contributed by atoms with Gasteiger partial charge in [-0.2, -0.15) is 0 Å². The van der Waals surface area contributed by atoms with Crippen LogP contribution in [0.15, 0.2) is 54.6 Å². The lowest BCUT2D eigenvalue weighted by molar-refractivity contribution is -0.274. The van der Waals surface area contributed by atoms with Gasteiger partial charge in [-0.3, -0.25) is 10.2 Å². The van der Waals surface area contributed by atoms with Crippen LogP contribution in [0.5, 0.6) is 28.7 Å². The summed E-state index contributed by atoms with van der Waals surface area (Å²) >= 11 is 5.83. The number of hydrogen-bond donors (Lipinski definition) is 3. The Morgan fingerprint density at radius 2 is 1.61 bits per heavy atom. The smallest absolute Gasteiger partial charge is 0.506 e. The van der Waals surface area contributed by atoms with Crippen LogP contribution < -0.4 is 29.8 Å². The van der Waals surface area contributed by atoms with Gasteiger partial charge in [0.05, 0.1) is 19.2 Å². The zero-order valence-corrected chi connectivity index (χ0v) is 19.9. The maximum absolute atomic E-state index is 12.3. The van der Waals surface area contributed by atoms with Crippen molar-refractivity contribution in [3.63, 3.8) is 0 Å². The summed E-state index contributed by atoms with van der Waals surface area (Å²) in [6.07, 6.45) is -4.77. The Bertz CT molecular complexity index is 1180. The molecule has 36 heavy (non-hydrogen) atoms. The fourth-order valence-electron chi connectivity index (χ4n) is 3.07. The Labute approximate surface area is 209 Å². The quantitative estimate of drug-likeness (QED) is 0.321. The van der Waals surface area contributed by atoms with Gasteiger partial charge in [-0.05, 0) is 53.6 Å². The molecule has 192 valence electrons. The highest BCUT2D eigenvalue weighted by atomic mass is 35.5. The zero-order valence-electron chi connectivity index (χ0n) is 19.1. The molecule has 0 aliphatic rings. The second-order valence-electron chi connectivity index (χ2n) is 7.28. The molecule has 3 rings (SSSR count). The van der Waals surface area contributed by atoms with Gasteiger partial charge in [-0.25, -0.2) is 5.43 Å². The van der Waals surface area contributed by atoms with Crippen molar-refractivity contribution in [2.45, 2.75) is 19.5 Å². The number of hydrogen-bond acceptors (Lipinski definition) is 7. The number of methoxy groups -OCH3 is 2. The molecule has 0 atom stereocenters. The molecule has 12 heteroatoms. The van der Waals surface area contributed by atoms with E-state index < -0.39 is 12.3 Å². The highest BCUT2D eigenvalue weighted by molar-refractivity contribution is 6.32. The number of halogens is 4. The summed E-state index contributed by atoms with van der Waals surface area (Å²) < 4.78 is 57.5. The Hall–Kier alpha value is -3.83. The topological polar surface area (TPSA) is 98.3 Å². The molecule has 0 bridgehead atoms. The van der Waals surface area contributed by atoms with Crippen molar-refractivity contribution in [1.29, 1.82) is 0 Å². The van der Waals surface area contributed by atoms with E-state index in [0.717, 1.165) is 0 Å². The van der Waals surface area contributed by atoms with E-state index in [9.17, 15) is 23.1 Å². The van der Waals surface area contributed by atoms with Gasteiger partial charge in [0.2, 0.25) is 5.75 Å². The fraction of sp³-hybridized carbons (Fsp3) is 0.208. The third kappa shape index (κ3) is 7.33. The number of nitrogens with one attached hydrogen (secondary N) is 2. The minimum absolute atomic E-state index is 0.0296. The standard InChI is InChI=1S/C24H22ClF3N2O6/c1-33-20-9-15(12-29-30-23(32)16-5-8-19(31)18(25)11-16)10-21(34-2)22(20)35-13-14-3-6-17(7-4-14)36-24(26,27)28/h3-11,29,31H,12-13H2,1-2H3,(H,30,32). The number of alkyl halides is 3. The minimum atomic E-state index is -4.77. The number of ether oxygens (including phenoxy) is 4. The molecule has 0 aromatic heterocycles. The number of carbonyl (C=O) groups excluding carboxylic acids is 1. The van der Waals surface area contributed by atoms with Crippen molar-refractivity contribution >= 4 is 17.5 Å². The lowest BCUT2D eigenvalue weighted by atomic mass is 10.1. The highest BCUT2D eigenvalue weighted by Crippen LogP contribution is 2.39. The van der Waals surface area contributed by atoms with E-state index >= 15 is 0 Å². The summed E-state index contributed by atoms with van der Waals surface area (Å²) in [6.45, 7) is 0.229. The van der Waals surface area contributed by atoms with Gasteiger partial charge >= 0.3 is 6.36 Å². The fourth-order valence-corrected chi connectivity index (χ4v) is 3.25. The number of hydrazine groups is 1. The number of phenolic OH excluding ortho intramolecular Hbond substituents is 1. The van der Waals surface area contributed by atoms with Crippen molar-refractivity contribution in [1.82, 2.24) is 10.9 Å². The Morgan fingerprint density at radius 3 is 2.17 bits per heavy atom. The van der Waals surface area contributed by atoms with E-state index in [4.69, 9.17) is 25.8 Å². The predicted molar refractivity (Wildman–Crippen MR) is 124 cm³/mol. The van der Waals surface area contributed by atoms with Crippen LogP contribution in [0.25, 0.3) is 0 Å². The number of benzene rings is 3. The van der Waals surface area contributed by atoms with Crippen LogP contribution in [0.4, 0.5) is 13.2 Å². The molecule has 0 aliphatic carbocycles. The van der Waals surface area contributed by atoms with E-state index in [1.807, 2.05) is 0 Å². The van der Waals surface area contributed by atoms with E-state index in [0.29, 0.717) is 28.4 Å². The number of aromatic hydroxyl groups is 1. The summed E-state index contributed by atoms with van der Waals surface area (Å²) in [6, 6.07) is 12.7. The molecule has 1 amide bonds. The molecule has 0 radical (unpaired) electrons. The number of rotatable bonds is 10. The van der Waals surface area contributed by atoms with Gasteiger partial charge in [0.1, 0.15) is 18.1 Å². The minimum Gasteiger partial charge on any atom is -0.506 e. The molecule has 0 spiro atoms. The predicted octanol–water partition coefficient (Wildman–Crippen LogP) is 4.98. The summed E-state index contributed by atoms with van der Waals surface area (Å²) in [5, 5.41) is 9.52. The molecule has 0 heterocycles. The average molecular weight is 527 g/mol. The van der Waals surface area contributed by atoms with Gasteiger partial charge in [0.25, 0.3) is 5.91 Å². The second kappa shape index (κ2) is 11.7. The molecule has 3 aromatic rings. The number of carbonyl (C=O) groups is 1. The normalized spacial score (nSPS) is 11.1. The van der Waals surface area contributed by atoms with E-state index in [1.54, 1.807) is 12.1 Å². The average Bonchev–Trinajstić information content (AvgIpc) is 2.84. The summed E-state index contributed by atoms with van der Waals surface area (Å²) in [5.74, 6) is 0.0678. The molecule has 3 N–H and O–H groups in total. The first-order valence-electron chi connectivity index (χ1n) is 10.3. The number of amides is 1. The highest BCUT2D eigenvalue weighted by Gasteiger charge is 2.31. The third-order valence-electron chi connectivity index (χ3n) is 4.76. The van der Waals surface area contributed by atoms with Gasteiger partial charge in [-0.15, -0.1) is 13.2 Å². The maximum atomic E-state index is 12.3. The molecule has 0 unspecified atom stereocenters. The molecule has 3 aromatic carbocycles. The van der Waals surface area contributed by atoms with Gasteiger partial charge in [-0.1, -0.05) is 23.7 Å². The van der Waals surface area contributed by atoms with Crippen molar-refractivity contribution < 1.29 is 42.0 Å². The summed E-state index contributed by atoms with van der Waals surface area (Å²) in [4.78, 5) is 12.3. The lowest BCUT2D eigenvalue weighted by Crippen LogP contribution is -2.36. The van der Waals surface area contributed by atoms with Crippen molar-refractivity contribution in [3.8, 4) is 28.7 Å². The van der Waals surface area contributed by atoms with Gasteiger partial charge in [0.15, 0.2) is 11.5 Å². The molecular formula is C24H22ClF3N2O6. The van der Waals surface area contributed by atoms with Crippen LogP contribution in [-0.2, 0) is 13.2 Å². The molecule has 0 aliphatic heterocycles. The van der Waals surface area contributed by atoms with Gasteiger partial charge in [0, 0.05) is 12.1 Å². The Balaban J connectivity index is 1.63. The molecule has 0 saturated heterocycles. The van der Waals surface area contributed by atoms with Gasteiger partial charge < -0.3 is 24.1 Å². The second-order valence-corrected chi connectivity index (χ2v) is 7.69. The van der Waals surface area contributed by atoms with Crippen LogP contribution in [0.2, 0.25) is 5.02 Å². The Kier molecular flexibility index (Phi) is 8.73. The van der Waals surface area contributed by atoms with Crippen molar-refractivity contribution in [3.05, 3.63) is 76.3 Å². The monoisotopic (exact) mass is 526 g/mol. The van der Waals surface area contributed by atoms with Crippen molar-refractivity contribution in [2.24, 2.45) is 0 Å². The van der Waals surface area contributed by atoms with Crippen molar-refractivity contribution in [2.75, 3.05) is 14.2 Å². The molecule has 0 saturated carbocycles. The first-order valence-corrected chi connectivity index (χ1v) is 10.7. The lowest BCUT2D eigenvalue weighted by Gasteiger charge is -2.17. The molecule has 8 nitrogen and oxygen atoms in total. The third-order valence-corrected chi connectivity index (χ3v) is 5.07. The first kappa shape index (κ1) is 26.8. The van der Waals surface area contributed by atoms with Crippen LogP contribution in [-0.4, -0.2) is 31.6 Å². The van der Waals surface area contributed by atoms with Crippen LogP contribution in [0, 0.1) is 0 Å². The van der Waals surface area contributed by atoms with E-state index in [-0.39, 0.29) is 35.2 Å². The largest absolute Gasteiger partial charge is 0.573 e. The van der Waals surface area contributed by atoms with Crippen LogP contribution >= 0.6 is 11.6 Å². The Morgan fingerprint density at radius 1 is 0.972 bits per heavy atom. The van der Waals surface area contributed by atoms with Crippen LogP contribution in [0.1, 0.15) is 21.5 Å². The summed E-state index contributed by atoms with van der Waals surface area (Å²) in [7, 11) is 2.89. The molecular weight excluding hydrogens is 505 g/mol. The number of phenols is 1. The maximum Gasteiger partial charge on any atom is 0.573 e. The van der Waals surface area contributed by atoms with E-state index in [1.165, 1.54) is 56.7 Å². The van der Waals surface area contributed by atoms with Crippen LogP contribution in [0.3, 0.4) is 0 Å². The first-order chi connectivity index (χ1) is 17.1. The zero-order chi connectivity index (χ0) is 26.3. The summed E-state index contributed by atoms with van der Waals surface area (Å²) in [5.41, 5.74) is 6.85. The molecule has 0 fully saturated rings. The van der Waals surface area contributed by atoms with E-state index in [2.05, 4.69) is 15.6 Å². The SMILES string of the molecule is COc1cc(CNNC(=O)c2ccc(O)c(Cl)c2)cc(OC)c1OCc1ccc(OC(F)(F)F)cc1.